The van der Waals surface area contributed by atoms with Crippen molar-refractivity contribution in [3.05, 3.63) is 46.0 Å². The van der Waals surface area contributed by atoms with Gasteiger partial charge in [-0.05, 0) is 0 Å². The molecule has 0 amide bonds. The Hall–Kier alpha value is -2.01. The van der Waals surface area contributed by atoms with Crippen molar-refractivity contribution in [2.24, 2.45) is 0 Å². The predicted octanol–water partition coefficient (Wildman–Crippen LogP) is 1.96. The molecule has 5 heteroatoms. The molecule has 0 aliphatic heterocycles. The van der Waals surface area contributed by atoms with Gasteiger partial charge in [-0.3, -0.25) is 9.59 Å². The summed E-state index contributed by atoms with van der Waals surface area (Å²) in [7, 11) is 1.71. The van der Waals surface area contributed by atoms with Crippen molar-refractivity contribution in [1.82, 2.24) is 4.98 Å². The maximum Gasteiger partial charge on any atom is 0.213 e. The Morgan fingerprint density at radius 2 is 1.76 bits per heavy atom. The van der Waals surface area contributed by atoms with Crippen LogP contribution in [-0.2, 0) is 0 Å². The van der Waals surface area contributed by atoms with Crippen LogP contribution in [0.25, 0.3) is 0 Å². The molecule has 1 N–H and O–H groups in total. The zero-order valence-corrected chi connectivity index (χ0v) is 9.80. The maximum atomic E-state index is 12.2. The highest BCUT2D eigenvalue weighted by atomic mass is 32.1. The minimum absolute atomic E-state index is 0.116. The highest BCUT2D eigenvalue weighted by molar-refractivity contribution is 7.18. The summed E-state index contributed by atoms with van der Waals surface area (Å²) in [6, 6.07) is 6.85. The van der Waals surface area contributed by atoms with Gasteiger partial charge in [-0.2, -0.15) is 0 Å². The third kappa shape index (κ3) is 1.32. The number of carbonyl (C=O) groups is 2. The fourth-order valence-corrected chi connectivity index (χ4v) is 2.73. The number of thiazole rings is 1. The van der Waals surface area contributed by atoms with E-state index < -0.39 is 0 Å². The molecule has 17 heavy (non-hydrogen) atoms. The molecule has 1 aromatic carbocycles. The predicted molar refractivity (Wildman–Crippen MR) is 65.0 cm³/mol. The number of hydrogen-bond donors (Lipinski definition) is 1. The second kappa shape index (κ2) is 3.49. The number of anilines is 1. The Kier molecular flexibility index (Phi) is 2.09. The fourth-order valence-electron chi connectivity index (χ4n) is 1.86. The van der Waals surface area contributed by atoms with Crippen molar-refractivity contribution < 1.29 is 9.59 Å². The van der Waals surface area contributed by atoms with E-state index in [9.17, 15) is 9.59 Å². The second-order valence-corrected chi connectivity index (χ2v) is 4.65. The van der Waals surface area contributed by atoms with Crippen LogP contribution in [-0.4, -0.2) is 23.6 Å². The second-order valence-electron chi connectivity index (χ2n) is 3.65. The first kappa shape index (κ1) is 10.2. The molecule has 0 saturated carbocycles. The average molecular weight is 244 g/mol. The van der Waals surface area contributed by atoms with E-state index in [4.69, 9.17) is 0 Å². The summed E-state index contributed by atoms with van der Waals surface area (Å²) in [5.41, 5.74) is 1.18. The van der Waals surface area contributed by atoms with Crippen LogP contribution in [0.4, 0.5) is 5.13 Å². The van der Waals surface area contributed by atoms with Crippen molar-refractivity contribution >= 4 is 28.0 Å². The van der Waals surface area contributed by atoms with Crippen LogP contribution in [0, 0.1) is 0 Å². The molecule has 0 spiro atoms. The molecule has 3 rings (SSSR count). The normalized spacial score (nSPS) is 13.2. The van der Waals surface area contributed by atoms with Crippen LogP contribution < -0.4 is 5.32 Å². The Labute approximate surface area is 101 Å². The summed E-state index contributed by atoms with van der Waals surface area (Å²) in [4.78, 5) is 28.9. The number of aromatic nitrogens is 1. The summed E-state index contributed by atoms with van der Waals surface area (Å²) >= 11 is 1.22. The molecule has 0 bridgehead atoms. The number of rotatable bonds is 1. The molecule has 1 aliphatic rings. The van der Waals surface area contributed by atoms with Crippen molar-refractivity contribution in [2.45, 2.75) is 0 Å². The van der Waals surface area contributed by atoms with Gasteiger partial charge in [0.15, 0.2) is 5.13 Å². The Morgan fingerprint density at radius 3 is 2.41 bits per heavy atom. The largest absolute Gasteiger partial charge is 0.365 e. The first-order chi connectivity index (χ1) is 8.22. The van der Waals surface area contributed by atoms with Crippen LogP contribution in [0.1, 0.15) is 31.3 Å². The summed E-state index contributed by atoms with van der Waals surface area (Å²) in [6.07, 6.45) is 0. The Balaban J connectivity index is 2.27. The lowest BCUT2D eigenvalue weighted by molar-refractivity contribution is 0.0979. The summed E-state index contributed by atoms with van der Waals surface area (Å²) in [6.45, 7) is 0. The molecule has 0 saturated heterocycles. The molecule has 0 fully saturated rings. The standard InChI is InChI=1S/C12H8N2O2S/c1-13-12-14-8-9(15)6-4-2-3-5-7(6)10(16)11(8)17-12/h2-5H,1H3,(H,13,14). The molecule has 2 aromatic rings. The van der Waals surface area contributed by atoms with Crippen molar-refractivity contribution in [3.8, 4) is 0 Å². The number of nitrogens with one attached hydrogen (secondary N) is 1. The minimum Gasteiger partial charge on any atom is -0.365 e. The molecular formula is C12H8N2O2S. The van der Waals surface area contributed by atoms with Gasteiger partial charge in [-0.1, -0.05) is 35.6 Å². The van der Waals surface area contributed by atoms with Crippen LogP contribution in [0.15, 0.2) is 24.3 Å². The monoisotopic (exact) mass is 244 g/mol. The van der Waals surface area contributed by atoms with E-state index in [2.05, 4.69) is 10.3 Å². The first-order valence-corrected chi connectivity index (χ1v) is 5.91. The lowest BCUT2D eigenvalue weighted by Gasteiger charge is -2.11. The van der Waals surface area contributed by atoms with Crippen LogP contribution in [0.5, 0.6) is 0 Å². The Bertz CT molecular complexity index is 593. The van der Waals surface area contributed by atoms with Crippen LogP contribution in [0.2, 0.25) is 0 Å². The van der Waals surface area contributed by atoms with Gasteiger partial charge < -0.3 is 5.32 Å². The van der Waals surface area contributed by atoms with E-state index in [-0.39, 0.29) is 17.3 Å². The van der Waals surface area contributed by atoms with Crippen LogP contribution >= 0.6 is 11.3 Å². The summed E-state index contributed by atoms with van der Waals surface area (Å²) in [5, 5.41) is 3.44. The first-order valence-electron chi connectivity index (χ1n) is 5.09. The molecule has 1 aliphatic carbocycles. The molecule has 0 radical (unpaired) electrons. The van der Waals surface area contributed by atoms with Crippen molar-refractivity contribution in [1.29, 1.82) is 0 Å². The molecule has 0 atom stereocenters. The zero-order valence-electron chi connectivity index (χ0n) is 8.98. The molecule has 1 aromatic heterocycles. The minimum atomic E-state index is -0.173. The lowest BCUT2D eigenvalue weighted by atomic mass is 9.91. The van der Waals surface area contributed by atoms with E-state index in [1.54, 1.807) is 31.3 Å². The Morgan fingerprint density at radius 1 is 1.12 bits per heavy atom. The van der Waals surface area contributed by atoms with Crippen molar-refractivity contribution in [3.63, 3.8) is 0 Å². The van der Waals surface area contributed by atoms with Gasteiger partial charge in [0.1, 0.15) is 10.6 Å². The van der Waals surface area contributed by atoms with Crippen molar-refractivity contribution in [2.75, 3.05) is 12.4 Å². The third-order valence-electron chi connectivity index (χ3n) is 2.68. The third-order valence-corrected chi connectivity index (χ3v) is 3.75. The number of fused-ring (bicyclic) bond motifs is 2. The molecular weight excluding hydrogens is 236 g/mol. The van der Waals surface area contributed by atoms with E-state index >= 15 is 0 Å². The average Bonchev–Trinajstić information content (AvgIpc) is 2.80. The quantitative estimate of drug-likeness (QED) is 0.711. The van der Waals surface area contributed by atoms with Gasteiger partial charge >= 0.3 is 0 Å². The smallest absolute Gasteiger partial charge is 0.213 e. The molecule has 0 unspecified atom stereocenters. The summed E-state index contributed by atoms with van der Waals surface area (Å²) < 4.78 is 0. The van der Waals surface area contributed by atoms with E-state index in [0.29, 0.717) is 21.1 Å². The highest BCUT2D eigenvalue weighted by Crippen LogP contribution is 2.32. The van der Waals surface area contributed by atoms with Gasteiger partial charge in [-0.15, -0.1) is 0 Å². The van der Waals surface area contributed by atoms with E-state index in [1.807, 2.05) is 0 Å². The van der Waals surface area contributed by atoms with Gasteiger partial charge in [0.2, 0.25) is 11.6 Å². The van der Waals surface area contributed by atoms with Crippen LogP contribution in [0.3, 0.4) is 0 Å². The lowest BCUT2D eigenvalue weighted by Crippen LogP contribution is -2.19. The topological polar surface area (TPSA) is 59.1 Å². The van der Waals surface area contributed by atoms with Gasteiger partial charge in [0, 0.05) is 18.2 Å². The van der Waals surface area contributed by atoms with Gasteiger partial charge in [0.25, 0.3) is 0 Å². The fraction of sp³-hybridized carbons (Fsp3) is 0.0833. The van der Waals surface area contributed by atoms with Gasteiger partial charge in [-0.25, -0.2) is 4.98 Å². The maximum absolute atomic E-state index is 12.2. The summed E-state index contributed by atoms with van der Waals surface area (Å²) in [5.74, 6) is -0.290. The van der Waals surface area contributed by atoms with Gasteiger partial charge in [0.05, 0.1) is 0 Å². The molecule has 4 nitrogen and oxygen atoms in total. The number of hydrogen-bond acceptors (Lipinski definition) is 5. The van der Waals surface area contributed by atoms with E-state index in [0.717, 1.165) is 0 Å². The SMILES string of the molecule is CNc1nc2c(s1)C(=O)c1ccccc1C2=O. The molecule has 1 heterocycles. The zero-order chi connectivity index (χ0) is 12.0. The number of benzene rings is 1. The number of carbonyl (C=O) groups excluding carboxylic acids is 2. The van der Waals surface area contributed by atoms with E-state index in [1.165, 1.54) is 11.3 Å². The number of ketones is 2. The molecule has 84 valence electrons. The number of nitrogens with zero attached hydrogens (tertiary/aromatic N) is 1. The highest BCUT2D eigenvalue weighted by Gasteiger charge is 2.32.